The molecule has 4 N–H and O–H groups in total. The molecule has 0 spiro atoms. The number of carbonyl (C=O) groups is 1. The highest BCUT2D eigenvalue weighted by Gasteiger charge is 2.02. The minimum absolute atomic E-state index is 0.259. The molecule has 4 nitrogen and oxygen atoms in total. The highest BCUT2D eigenvalue weighted by Crippen LogP contribution is 2.21. The molecular formula is C16H17N3OS2. The Morgan fingerprint density at radius 3 is 2.50 bits per heavy atom. The third-order valence-electron chi connectivity index (χ3n) is 2.78. The molecule has 0 atom stereocenters. The van der Waals surface area contributed by atoms with Gasteiger partial charge in [-0.3, -0.25) is 4.79 Å². The number of benzene rings is 2. The molecule has 0 unspecified atom stereocenters. The number of primary amides is 1. The summed E-state index contributed by atoms with van der Waals surface area (Å²) in [6.45, 7) is 2.04. The van der Waals surface area contributed by atoms with Crippen LogP contribution in [0.1, 0.15) is 5.56 Å². The molecule has 0 saturated carbocycles. The van der Waals surface area contributed by atoms with Crippen LogP contribution in [0.15, 0.2) is 53.4 Å². The van der Waals surface area contributed by atoms with Gasteiger partial charge in [0, 0.05) is 16.3 Å². The van der Waals surface area contributed by atoms with Gasteiger partial charge >= 0.3 is 0 Å². The number of amides is 1. The Labute approximate surface area is 139 Å². The van der Waals surface area contributed by atoms with E-state index >= 15 is 0 Å². The predicted octanol–water partition coefficient (Wildman–Crippen LogP) is 3.38. The van der Waals surface area contributed by atoms with Crippen molar-refractivity contribution in [2.24, 2.45) is 5.73 Å². The molecule has 2 aromatic carbocycles. The maximum Gasteiger partial charge on any atom is 0.227 e. The first-order valence-corrected chi connectivity index (χ1v) is 8.08. The van der Waals surface area contributed by atoms with E-state index in [4.69, 9.17) is 18.0 Å². The second kappa shape index (κ2) is 7.82. The summed E-state index contributed by atoms with van der Waals surface area (Å²) in [5.74, 6) is -0.0740. The van der Waals surface area contributed by atoms with Gasteiger partial charge in [-0.2, -0.15) is 0 Å². The van der Waals surface area contributed by atoms with Crippen molar-refractivity contribution in [3.63, 3.8) is 0 Å². The lowest BCUT2D eigenvalue weighted by Crippen LogP contribution is -2.19. The Morgan fingerprint density at radius 2 is 1.82 bits per heavy atom. The number of nitrogens with two attached hydrogens (primary N) is 1. The van der Waals surface area contributed by atoms with Crippen LogP contribution in [0.2, 0.25) is 0 Å². The van der Waals surface area contributed by atoms with Gasteiger partial charge in [-0.05, 0) is 49.5 Å². The van der Waals surface area contributed by atoms with E-state index in [9.17, 15) is 4.79 Å². The van der Waals surface area contributed by atoms with Gasteiger partial charge in [0.25, 0.3) is 0 Å². The number of thiocarbonyl (C=S) groups is 1. The Morgan fingerprint density at radius 1 is 1.14 bits per heavy atom. The maximum absolute atomic E-state index is 10.8. The fraction of sp³-hybridized carbons (Fsp3) is 0.125. The largest absolute Gasteiger partial charge is 0.369 e. The van der Waals surface area contributed by atoms with Gasteiger partial charge in [0.1, 0.15) is 0 Å². The van der Waals surface area contributed by atoms with Crippen molar-refractivity contribution >= 4 is 46.4 Å². The van der Waals surface area contributed by atoms with Crippen LogP contribution < -0.4 is 16.4 Å². The smallest absolute Gasteiger partial charge is 0.227 e. The molecule has 22 heavy (non-hydrogen) atoms. The predicted molar refractivity (Wildman–Crippen MR) is 97.4 cm³/mol. The molecule has 0 aliphatic heterocycles. The van der Waals surface area contributed by atoms with E-state index in [1.165, 1.54) is 17.3 Å². The third kappa shape index (κ3) is 5.38. The summed E-state index contributed by atoms with van der Waals surface area (Å²) in [6, 6.07) is 15.7. The lowest BCUT2D eigenvalue weighted by Gasteiger charge is -2.11. The zero-order valence-electron chi connectivity index (χ0n) is 12.1. The number of rotatable bonds is 5. The molecule has 0 heterocycles. The van der Waals surface area contributed by atoms with Crippen molar-refractivity contribution in [1.82, 2.24) is 0 Å². The first kappa shape index (κ1) is 16.3. The molecule has 0 fully saturated rings. The van der Waals surface area contributed by atoms with E-state index in [1.807, 2.05) is 55.5 Å². The first-order valence-electron chi connectivity index (χ1n) is 6.69. The van der Waals surface area contributed by atoms with Gasteiger partial charge in [-0.25, -0.2) is 0 Å². The van der Waals surface area contributed by atoms with E-state index in [2.05, 4.69) is 10.6 Å². The van der Waals surface area contributed by atoms with Gasteiger partial charge in [0.15, 0.2) is 5.11 Å². The lowest BCUT2D eigenvalue weighted by molar-refractivity contribution is -0.115. The monoisotopic (exact) mass is 331 g/mol. The Kier molecular flexibility index (Phi) is 5.80. The zero-order valence-corrected chi connectivity index (χ0v) is 13.8. The maximum atomic E-state index is 10.8. The van der Waals surface area contributed by atoms with Gasteiger partial charge in [0.2, 0.25) is 5.91 Å². The quantitative estimate of drug-likeness (QED) is 0.579. The first-order chi connectivity index (χ1) is 10.5. The average Bonchev–Trinajstić information content (AvgIpc) is 2.48. The normalized spacial score (nSPS) is 10.0. The van der Waals surface area contributed by atoms with Crippen LogP contribution in [0.3, 0.4) is 0 Å². The molecule has 2 rings (SSSR count). The van der Waals surface area contributed by atoms with Crippen LogP contribution in [-0.4, -0.2) is 16.8 Å². The van der Waals surface area contributed by atoms with E-state index in [0.717, 1.165) is 16.3 Å². The number of carbonyl (C=O) groups excluding carboxylic acids is 1. The summed E-state index contributed by atoms with van der Waals surface area (Å²) in [5.41, 5.74) is 8.14. The molecular weight excluding hydrogens is 314 g/mol. The number of nitrogens with one attached hydrogen (secondary N) is 2. The summed E-state index contributed by atoms with van der Waals surface area (Å²) < 4.78 is 0. The minimum atomic E-state index is -0.333. The van der Waals surface area contributed by atoms with Gasteiger partial charge in [0.05, 0.1) is 5.75 Å². The molecule has 0 aromatic heterocycles. The molecule has 0 aliphatic rings. The highest BCUT2D eigenvalue weighted by molar-refractivity contribution is 8.00. The van der Waals surface area contributed by atoms with Crippen LogP contribution in [0, 0.1) is 6.92 Å². The molecule has 6 heteroatoms. The molecule has 0 saturated heterocycles. The van der Waals surface area contributed by atoms with Crippen LogP contribution in [0.25, 0.3) is 0 Å². The van der Waals surface area contributed by atoms with Crippen LogP contribution >= 0.6 is 24.0 Å². The molecule has 1 amide bonds. The Bertz CT molecular complexity index is 671. The number of hydrogen-bond acceptors (Lipinski definition) is 3. The standard InChI is InChI=1S/C16H17N3OS2/c1-11-5-7-12(8-6-11)18-16(21)19-13-3-2-4-14(9-13)22-10-15(17)20/h2-9H,10H2,1H3,(H2,17,20)(H2,18,19,21). The fourth-order valence-electron chi connectivity index (χ4n) is 1.75. The van der Waals surface area contributed by atoms with Crippen molar-refractivity contribution in [2.45, 2.75) is 11.8 Å². The highest BCUT2D eigenvalue weighted by atomic mass is 32.2. The average molecular weight is 331 g/mol. The van der Waals surface area contributed by atoms with Crippen molar-refractivity contribution < 1.29 is 4.79 Å². The lowest BCUT2D eigenvalue weighted by atomic mass is 10.2. The van der Waals surface area contributed by atoms with Crippen molar-refractivity contribution in [1.29, 1.82) is 0 Å². The summed E-state index contributed by atoms with van der Waals surface area (Å²) in [4.78, 5) is 11.8. The second-order valence-corrected chi connectivity index (χ2v) is 6.18. The van der Waals surface area contributed by atoms with E-state index in [1.54, 1.807) is 0 Å². The molecule has 0 aliphatic carbocycles. The van der Waals surface area contributed by atoms with Crippen molar-refractivity contribution in [3.05, 3.63) is 54.1 Å². The van der Waals surface area contributed by atoms with Crippen LogP contribution in [0.5, 0.6) is 0 Å². The summed E-state index contributed by atoms with van der Waals surface area (Å²) in [5, 5.41) is 6.77. The van der Waals surface area contributed by atoms with Crippen molar-refractivity contribution in [2.75, 3.05) is 16.4 Å². The molecule has 0 bridgehead atoms. The summed E-state index contributed by atoms with van der Waals surface area (Å²) in [6.07, 6.45) is 0. The fourth-order valence-corrected chi connectivity index (χ4v) is 2.68. The SMILES string of the molecule is Cc1ccc(NC(=S)Nc2cccc(SCC(N)=O)c2)cc1. The number of thioether (sulfide) groups is 1. The molecule has 114 valence electrons. The van der Waals surface area contributed by atoms with Gasteiger partial charge in [-0.1, -0.05) is 23.8 Å². The topological polar surface area (TPSA) is 67.2 Å². The molecule has 2 aromatic rings. The second-order valence-electron chi connectivity index (χ2n) is 4.73. The van der Waals surface area contributed by atoms with Crippen LogP contribution in [0.4, 0.5) is 11.4 Å². The summed E-state index contributed by atoms with van der Waals surface area (Å²) in [7, 11) is 0. The number of aryl methyl sites for hydroxylation is 1. The minimum Gasteiger partial charge on any atom is -0.369 e. The Balaban J connectivity index is 1.94. The van der Waals surface area contributed by atoms with Gasteiger partial charge < -0.3 is 16.4 Å². The number of anilines is 2. The van der Waals surface area contributed by atoms with E-state index in [-0.39, 0.29) is 11.7 Å². The summed E-state index contributed by atoms with van der Waals surface area (Å²) >= 11 is 6.69. The van der Waals surface area contributed by atoms with E-state index < -0.39 is 0 Å². The van der Waals surface area contributed by atoms with Crippen LogP contribution in [-0.2, 0) is 4.79 Å². The van der Waals surface area contributed by atoms with Crippen molar-refractivity contribution in [3.8, 4) is 0 Å². The zero-order chi connectivity index (χ0) is 15.9. The Hall–Kier alpha value is -2.05. The third-order valence-corrected chi connectivity index (χ3v) is 4.00. The number of hydrogen-bond donors (Lipinski definition) is 3. The van der Waals surface area contributed by atoms with Gasteiger partial charge in [-0.15, -0.1) is 11.8 Å². The molecule has 0 radical (unpaired) electrons. The van der Waals surface area contributed by atoms with E-state index in [0.29, 0.717) is 5.11 Å².